The van der Waals surface area contributed by atoms with Crippen LogP contribution in [0.1, 0.15) is 19.3 Å². The summed E-state index contributed by atoms with van der Waals surface area (Å²) in [6.07, 6.45) is 3.49. The maximum atomic E-state index is 11.9. The average Bonchev–Trinajstić information content (AvgIpc) is 2.59. The van der Waals surface area contributed by atoms with Gasteiger partial charge in [-0.25, -0.2) is 4.79 Å². The normalized spacial score (nSPS) is 27.2. The molecule has 1 unspecified atom stereocenters. The Balaban J connectivity index is 1.76. The number of rotatable bonds is 1. The standard InChI is InChI=1S/C11H21N3O2/c15-11(14-5-7-16-8-6-14)13-10-3-1-2-4-12-9-10/h10,12H,1-9H2,(H,13,15). The van der Waals surface area contributed by atoms with Gasteiger partial charge in [0.25, 0.3) is 0 Å². The largest absolute Gasteiger partial charge is 0.378 e. The number of urea groups is 1. The fourth-order valence-corrected chi connectivity index (χ4v) is 2.17. The summed E-state index contributed by atoms with van der Waals surface area (Å²) in [6, 6.07) is 0.356. The van der Waals surface area contributed by atoms with E-state index in [2.05, 4.69) is 10.6 Å². The van der Waals surface area contributed by atoms with Crippen molar-refractivity contribution in [2.45, 2.75) is 25.3 Å². The van der Waals surface area contributed by atoms with E-state index in [9.17, 15) is 4.79 Å². The number of ether oxygens (including phenoxy) is 1. The second-order valence-corrected chi connectivity index (χ2v) is 4.45. The number of hydrogen-bond acceptors (Lipinski definition) is 3. The maximum absolute atomic E-state index is 11.9. The lowest BCUT2D eigenvalue weighted by Crippen LogP contribution is -2.51. The van der Waals surface area contributed by atoms with E-state index in [1.54, 1.807) is 0 Å². The van der Waals surface area contributed by atoms with Gasteiger partial charge in [0.1, 0.15) is 0 Å². The molecule has 2 fully saturated rings. The number of carbonyl (C=O) groups is 1. The van der Waals surface area contributed by atoms with E-state index >= 15 is 0 Å². The number of morpholine rings is 1. The van der Waals surface area contributed by atoms with Crippen LogP contribution in [0.5, 0.6) is 0 Å². The summed E-state index contributed by atoms with van der Waals surface area (Å²) < 4.78 is 5.23. The van der Waals surface area contributed by atoms with Crippen molar-refractivity contribution in [1.82, 2.24) is 15.5 Å². The summed E-state index contributed by atoms with van der Waals surface area (Å²) in [4.78, 5) is 13.8. The minimum Gasteiger partial charge on any atom is -0.378 e. The first-order valence-electron chi connectivity index (χ1n) is 6.20. The molecule has 5 nitrogen and oxygen atoms in total. The van der Waals surface area contributed by atoms with Gasteiger partial charge in [0, 0.05) is 25.7 Å². The number of nitrogens with zero attached hydrogens (tertiary/aromatic N) is 1. The summed E-state index contributed by atoms with van der Waals surface area (Å²) in [5.41, 5.74) is 0. The van der Waals surface area contributed by atoms with Crippen molar-refractivity contribution in [3.63, 3.8) is 0 Å². The van der Waals surface area contributed by atoms with Crippen LogP contribution in [-0.2, 0) is 4.74 Å². The van der Waals surface area contributed by atoms with E-state index in [0.717, 1.165) is 19.5 Å². The van der Waals surface area contributed by atoms with Crippen molar-refractivity contribution in [3.8, 4) is 0 Å². The van der Waals surface area contributed by atoms with Gasteiger partial charge in [-0.05, 0) is 19.4 Å². The molecule has 2 aliphatic heterocycles. The van der Waals surface area contributed by atoms with Crippen molar-refractivity contribution in [2.75, 3.05) is 39.4 Å². The Morgan fingerprint density at radius 3 is 2.94 bits per heavy atom. The van der Waals surface area contributed by atoms with E-state index in [1.807, 2.05) is 4.90 Å². The maximum Gasteiger partial charge on any atom is 0.317 e. The molecular weight excluding hydrogens is 206 g/mol. The number of hydrogen-bond donors (Lipinski definition) is 2. The second kappa shape index (κ2) is 6.06. The van der Waals surface area contributed by atoms with Crippen molar-refractivity contribution in [1.29, 1.82) is 0 Å². The van der Waals surface area contributed by atoms with Gasteiger partial charge in [-0.15, -0.1) is 0 Å². The minimum absolute atomic E-state index is 0.0667. The summed E-state index contributed by atoms with van der Waals surface area (Å²) in [7, 11) is 0. The summed E-state index contributed by atoms with van der Waals surface area (Å²) in [6.45, 7) is 4.73. The number of carbonyl (C=O) groups excluding carboxylic acids is 1. The Hall–Kier alpha value is -0.810. The lowest BCUT2D eigenvalue weighted by Gasteiger charge is -2.29. The fourth-order valence-electron chi connectivity index (χ4n) is 2.17. The molecule has 2 saturated heterocycles. The third-order valence-corrected chi connectivity index (χ3v) is 3.17. The predicted octanol–water partition coefficient (Wildman–Crippen LogP) is 0.170. The fraction of sp³-hybridized carbons (Fsp3) is 0.909. The van der Waals surface area contributed by atoms with E-state index < -0.39 is 0 Å². The first-order chi connectivity index (χ1) is 7.86. The van der Waals surface area contributed by atoms with Gasteiger partial charge in [-0.2, -0.15) is 0 Å². The Kier molecular flexibility index (Phi) is 4.42. The zero-order valence-corrected chi connectivity index (χ0v) is 9.71. The van der Waals surface area contributed by atoms with E-state index in [-0.39, 0.29) is 12.1 Å². The number of amides is 2. The highest BCUT2D eigenvalue weighted by atomic mass is 16.5. The molecular formula is C11H21N3O2. The van der Waals surface area contributed by atoms with Crippen molar-refractivity contribution < 1.29 is 9.53 Å². The predicted molar refractivity (Wildman–Crippen MR) is 61.4 cm³/mol. The van der Waals surface area contributed by atoms with Crippen molar-refractivity contribution in [2.24, 2.45) is 0 Å². The molecule has 0 radical (unpaired) electrons. The minimum atomic E-state index is 0.0667. The second-order valence-electron chi connectivity index (χ2n) is 4.45. The molecule has 2 rings (SSSR count). The van der Waals surface area contributed by atoms with Crippen molar-refractivity contribution >= 4 is 6.03 Å². The molecule has 0 aromatic heterocycles. The molecule has 2 N–H and O–H groups in total. The Morgan fingerprint density at radius 2 is 2.12 bits per heavy atom. The molecule has 92 valence electrons. The zero-order chi connectivity index (χ0) is 11.2. The highest BCUT2D eigenvalue weighted by Crippen LogP contribution is 2.05. The third kappa shape index (κ3) is 3.35. The zero-order valence-electron chi connectivity index (χ0n) is 9.71. The van der Waals surface area contributed by atoms with Crippen LogP contribution in [-0.4, -0.2) is 56.4 Å². The Labute approximate surface area is 96.5 Å². The lowest BCUT2D eigenvalue weighted by molar-refractivity contribution is 0.0524. The molecule has 16 heavy (non-hydrogen) atoms. The lowest BCUT2D eigenvalue weighted by atomic mass is 10.1. The Bertz CT molecular complexity index is 221. The highest BCUT2D eigenvalue weighted by Gasteiger charge is 2.20. The van der Waals surface area contributed by atoms with Gasteiger partial charge < -0.3 is 20.3 Å². The smallest absolute Gasteiger partial charge is 0.317 e. The van der Waals surface area contributed by atoms with E-state index in [4.69, 9.17) is 4.74 Å². The SMILES string of the molecule is O=C(NC1CCCCNC1)N1CCOCC1. The Morgan fingerprint density at radius 1 is 1.31 bits per heavy atom. The van der Waals surface area contributed by atoms with Crippen LogP contribution in [0.4, 0.5) is 4.79 Å². The molecule has 5 heteroatoms. The molecule has 0 aromatic carbocycles. The van der Waals surface area contributed by atoms with E-state index in [1.165, 1.54) is 12.8 Å². The third-order valence-electron chi connectivity index (χ3n) is 3.17. The van der Waals surface area contributed by atoms with Gasteiger partial charge in [-0.3, -0.25) is 0 Å². The van der Waals surface area contributed by atoms with Gasteiger partial charge in [-0.1, -0.05) is 6.42 Å². The van der Waals surface area contributed by atoms with Crippen LogP contribution in [0.2, 0.25) is 0 Å². The topological polar surface area (TPSA) is 53.6 Å². The molecule has 2 aliphatic rings. The van der Waals surface area contributed by atoms with Crippen molar-refractivity contribution in [3.05, 3.63) is 0 Å². The molecule has 2 heterocycles. The molecule has 0 aliphatic carbocycles. The van der Waals surface area contributed by atoms with Gasteiger partial charge in [0.05, 0.1) is 13.2 Å². The molecule has 2 amide bonds. The van der Waals surface area contributed by atoms with Gasteiger partial charge in [0.15, 0.2) is 0 Å². The summed E-state index contributed by atoms with van der Waals surface area (Å²) in [5.74, 6) is 0. The summed E-state index contributed by atoms with van der Waals surface area (Å²) >= 11 is 0. The first kappa shape index (κ1) is 11.7. The quantitative estimate of drug-likeness (QED) is 0.671. The molecule has 0 saturated carbocycles. The van der Waals surface area contributed by atoms with Gasteiger partial charge >= 0.3 is 6.03 Å². The monoisotopic (exact) mass is 227 g/mol. The molecule has 0 aromatic rings. The molecule has 1 atom stereocenters. The van der Waals surface area contributed by atoms with Crippen LogP contribution < -0.4 is 10.6 Å². The summed E-state index contributed by atoms with van der Waals surface area (Å²) in [5, 5.41) is 6.45. The van der Waals surface area contributed by atoms with Crippen LogP contribution in [0.25, 0.3) is 0 Å². The molecule has 0 spiro atoms. The average molecular weight is 227 g/mol. The van der Waals surface area contributed by atoms with Crippen LogP contribution >= 0.6 is 0 Å². The highest BCUT2D eigenvalue weighted by molar-refractivity contribution is 5.74. The van der Waals surface area contributed by atoms with Crippen LogP contribution in [0, 0.1) is 0 Å². The number of nitrogens with one attached hydrogen (secondary N) is 2. The first-order valence-corrected chi connectivity index (χ1v) is 6.20. The van der Waals surface area contributed by atoms with E-state index in [0.29, 0.717) is 26.3 Å². The molecule has 0 bridgehead atoms. The van der Waals surface area contributed by atoms with Crippen LogP contribution in [0.15, 0.2) is 0 Å². The van der Waals surface area contributed by atoms with Crippen LogP contribution in [0.3, 0.4) is 0 Å². The van der Waals surface area contributed by atoms with Gasteiger partial charge in [0.2, 0.25) is 0 Å².